The van der Waals surface area contributed by atoms with Crippen LogP contribution in [0, 0.1) is 5.92 Å². The molecule has 1 aliphatic carbocycles. The van der Waals surface area contributed by atoms with E-state index in [4.69, 9.17) is 4.74 Å². The summed E-state index contributed by atoms with van der Waals surface area (Å²) < 4.78 is 5.40. The summed E-state index contributed by atoms with van der Waals surface area (Å²) in [4.78, 5) is 4.50. The van der Waals surface area contributed by atoms with E-state index >= 15 is 0 Å². The molecule has 0 amide bonds. The van der Waals surface area contributed by atoms with Gasteiger partial charge in [0.1, 0.15) is 5.75 Å². The van der Waals surface area contributed by atoms with Gasteiger partial charge in [-0.15, -0.1) is 0 Å². The zero-order valence-electron chi connectivity index (χ0n) is 16.7. The molecule has 0 atom stereocenters. The molecular formula is C25H30N2O. The summed E-state index contributed by atoms with van der Waals surface area (Å²) in [7, 11) is 1.72. The van der Waals surface area contributed by atoms with Crippen molar-refractivity contribution in [3.63, 3.8) is 0 Å². The quantitative estimate of drug-likeness (QED) is 0.591. The van der Waals surface area contributed by atoms with Crippen LogP contribution in [-0.4, -0.2) is 18.1 Å². The molecule has 1 heterocycles. The largest absolute Gasteiger partial charge is 0.497 e. The normalized spacial score (nSPS) is 19.6. The summed E-state index contributed by atoms with van der Waals surface area (Å²) in [5.74, 6) is 1.75. The van der Waals surface area contributed by atoms with E-state index in [1.807, 2.05) is 12.3 Å². The number of fused-ring (bicyclic) bond motifs is 1. The SMILES string of the molecule is COc1ccc2nccc(CCC3CCC(NCc4ccccc4)CC3)c2c1. The Hall–Kier alpha value is -2.39. The molecule has 1 aromatic heterocycles. The molecule has 3 nitrogen and oxygen atoms in total. The molecule has 28 heavy (non-hydrogen) atoms. The number of ether oxygens (including phenoxy) is 1. The first-order valence-corrected chi connectivity index (χ1v) is 10.5. The third-order valence-electron chi connectivity index (χ3n) is 6.15. The van der Waals surface area contributed by atoms with Gasteiger partial charge in [-0.2, -0.15) is 0 Å². The number of nitrogens with zero attached hydrogens (tertiary/aromatic N) is 1. The van der Waals surface area contributed by atoms with Crippen molar-refractivity contribution in [1.82, 2.24) is 10.3 Å². The van der Waals surface area contributed by atoms with Gasteiger partial charge in [-0.1, -0.05) is 30.3 Å². The highest BCUT2D eigenvalue weighted by molar-refractivity contribution is 5.83. The Balaban J connectivity index is 1.28. The van der Waals surface area contributed by atoms with Crippen molar-refractivity contribution in [3.8, 4) is 5.75 Å². The van der Waals surface area contributed by atoms with Gasteiger partial charge < -0.3 is 10.1 Å². The minimum absolute atomic E-state index is 0.669. The van der Waals surface area contributed by atoms with E-state index < -0.39 is 0 Å². The monoisotopic (exact) mass is 374 g/mol. The maximum absolute atomic E-state index is 5.40. The lowest BCUT2D eigenvalue weighted by molar-refractivity contribution is 0.279. The molecule has 0 radical (unpaired) electrons. The van der Waals surface area contributed by atoms with Crippen LogP contribution < -0.4 is 10.1 Å². The van der Waals surface area contributed by atoms with Crippen LogP contribution in [0.1, 0.15) is 43.2 Å². The van der Waals surface area contributed by atoms with Crippen molar-refractivity contribution in [1.29, 1.82) is 0 Å². The van der Waals surface area contributed by atoms with Gasteiger partial charge in [0.15, 0.2) is 0 Å². The Morgan fingerprint density at radius 2 is 1.82 bits per heavy atom. The van der Waals surface area contributed by atoms with Gasteiger partial charge >= 0.3 is 0 Å². The van der Waals surface area contributed by atoms with Crippen molar-refractivity contribution >= 4 is 10.9 Å². The van der Waals surface area contributed by atoms with Gasteiger partial charge in [0.05, 0.1) is 12.6 Å². The second-order valence-corrected chi connectivity index (χ2v) is 7.98. The number of methoxy groups -OCH3 is 1. The Bertz CT molecular complexity index is 885. The van der Waals surface area contributed by atoms with Crippen LogP contribution >= 0.6 is 0 Å². The summed E-state index contributed by atoms with van der Waals surface area (Å²) >= 11 is 0. The predicted octanol–water partition coefficient (Wildman–Crippen LogP) is 5.52. The molecule has 3 aromatic rings. The van der Waals surface area contributed by atoms with E-state index in [1.54, 1.807) is 7.11 Å². The number of pyridine rings is 1. The molecule has 1 fully saturated rings. The second kappa shape index (κ2) is 9.20. The number of hydrogen-bond acceptors (Lipinski definition) is 3. The molecule has 0 aliphatic heterocycles. The van der Waals surface area contributed by atoms with E-state index in [9.17, 15) is 0 Å². The zero-order chi connectivity index (χ0) is 19.2. The van der Waals surface area contributed by atoms with Crippen LogP contribution in [0.4, 0.5) is 0 Å². The van der Waals surface area contributed by atoms with Crippen LogP contribution in [0.2, 0.25) is 0 Å². The van der Waals surface area contributed by atoms with E-state index in [0.717, 1.165) is 30.1 Å². The fraction of sp³-hybridized carbons (Fsp3) is 0.400. The molecule has 0 saturated heterocycles. The highest BCUT2D eigenvalue weighted by Gasteiger charge is 2.21. The van der Waals surface area contributed by atoms with E-state index in [2.05, 4.69) is 58.8 Å². The van der Waals surface area contributed by atoms with Crippen LogP contribution in [-0.2, 0) is 13.0 Å². The van der Waals surface area contributed by atoms with Crippen LogP contribution in [0.15, 0.2) is 60.8 Å². The van der Waals surface area contributed by atoms with E-state index in [-0.39, 0.29) is 0 Å². The number of benzene rings is 2. The van der Waals surface area contributed by atoms with Crippen molar-refractivity contribution < 1.29 is 4.74 Å². The maximum Gasteiger partial charge on any atom is 0.119 e. The molecular weight excluding hydrogens is 344 g/mol. The Labute approximate surface area is 168 Å². The number of nitrogens with one attached hydrogen (secondary N) is 1. The number of aryl methyl sites for hydroxylation is 1. The number of hydrogen-bond donors (Lipinski definition) is 1. The lowest BCUT2D eigenvalue weighted by Crippen LogP contribution is -2.32. The van der Waals surface area contributed by atoms with Gasteiger partial charge in [0, 0.05) is 24.2 Å². The Morgan fingerprint density at radius 1 is 1.00 bits per heavy atom. The minimum Gasteiger partial charge on any atom is -0.497 e. The van der Waals surface area contributed by atoms with Gasteiger partial charge in [-0.3, -0.25) is 4.98 Å². The third kappa shape index (κ3) is 4.71. The fourth-order valence-corrected chi connectivity index (χ4v) is 4.40. The first kappa shape index (κ1) is 18.9. The van der Waals surface area contributed by atoms with Gasteiger partial charge in [-0.05, 0) is 79.8 Å². The average Bonchev–Trinajstić information content (AvgIpc) is 2.77. The topological polar surface area (TPSA) is 34.1 Å². The molecule has 3 heteroatoms. The highest BCUT2D eigenvalue weighted by atomic mass is 16.5. The van der Waals surface area contributed by atoms with Crippen molar-refractivity contribution in [2.75, 3.05) is 7.11 Å². The first-order valence-electron chi connectivity index (χ1n) is 10.5. The average molecular weight is 375 g/mol. The molecule has 1 aliphatic rings. The van der Waals surface area contributed by atoms with Crippen LogP contribution in [0.5, 0.6) is 5.75 Å². The smallest absolute Gasteiger partial charge is 0.119 e. The third-order valence-corrected chi connectivity index (χ3v) is 6.15. The number of aromatic nitrogens is 1. The molecule has 0 unspecified atom stereocenters. The van der Waals surface area contributed by atoms with Crippen LogP contribution in [0.25, 0.3) is 10.9 Å². The van der Waals surface area contributed by atoms with E-state index in [0.29, 0.717) is 6.04 Å². The lowest BCUT2D eigenvalue weighted by Gasteiger charge is -2.29. The predicted molar refractivity (Wildman–Crippen MR) is 116 cm³/mol. The van der Waals surface area contributed by atoms with Gasteiger partial charge in [0.2, 0.25) is 0 Å². The molecule has 2 aromatic carbocycles. The number of rotatable bonds is 7. The summed E-state index contributed by atoms with van der Waals surface area (Å²) in [5, 5.41) is 4.98. The zero-order valence-corrected chi connectivity index (χ0v) is 16.7. The maximum atomic E-state index is 5.40. The molecule has 4 rings (SSSR count). The minimum atomic E-state index is 0.669. The molecule has 146 valence electrons. The molecule has 0 spiro atoms. The first-order chi connectivity index (χ1) is 13.8. The van der Waals surface area contributed by atoms with Crippen molar-refractivity contribution in [2.45, 2.75) is 51.1 Å². The van der Waals surface area contributed by atoms with Crippen molar-refractivity contribution in [3.05, 3.63) is 71.9 Å². The molecule has 1 N–H and O–H groups in total. The summed E-state index contributed by atoms with van der Waals surface area (Å²) in [6, 6.07) is 19.7. The van der Waals surface area contributed by atoms with Gasteiger partial charge in [0.25, 0.3) is 0 Å². The highest BCUT2D eigenvalue weighted by Crippen LogP contribution is 2.30. The molecule has 0 bridgehead atoms. The van der Waals surface area contributed by atoms with Gasteiger partial charge in [-0.25, -0.2) is 0 Å². The standard InChI is InChI=1S/C25H30N2O/c1-28-23-13-14-25-24(17-23)21(15-16-26-25)10-7-19-8-11-22(12-9-19)27-18-20-5-3-2-4-6-20/h2-6,13-17,19,22,27H,7-12,18H2,1H3. The Morgan fingerprint density at radius 3 is 2.61 bits per heavy atom. The summed E-state index contributed by atoms with van der Waals surface area (Å²) in [6.45, 7) is 0.987. The summed E-state index contributed by atoms with van der Waals surface area (Å²) in [5.41, 5.74) is 3.84. The fourth-order valence-electron chi connectivity index (χ4n) is 4.40. The van der Waals surface area contributed by atoms with Crippen molar-refractivity contribution in [2.24, 2.45) is 5.92 Å². The Kier molecular flexibility index (Phi) is 6.23. The lowest BCUT2D eigenvalue weighted by atomic mass is 9.82. The summed E-state index contributed by atoms with van der Waals surface area (Å²) in [6.07, 6.45) is 9.58. The second-order valence-electron chi connectivity index (χ2n) is 7.98. The molecule has 1 saturated carbocycles. The van der Waals surface area contributed by atoms with Crippen LogP contribution in [0.3, 0.4) is 0 Å². The van der Waals surface area contributed by atoms with E-state index in [1.165, 1.54) is 48.6 Å².